The average Bonchev–Trinajstić information content (AvgIpc) is 2.36. The average molecular weight is 323 g/mol. The van der Waals surface area contributed by atoms with E-state index in [1.807, 2.05) is 30.3 Å². The number of nitrogens with zero attached hydrogens (tertiary/aromatic N) is 1. The molecular weight excluding hydrogens is 304 g/mol. The van der Waals surface area contributed by atoms with Gasteiger partial charge in [-0.1, -0.05) is 41.9 Å². The maximum absolute atomic E-state index is 11.9. The third-order valence-corrected chi connectivity index (χ3v) is 3.69. The smallest absolute Gasteiger partial charge is 0.239 e. The van der Waals surface area contributed by atoms with E-state index in [9.17, 15) is 4.79 Å². The largest absolute Gasteiger partial charge is 0.354 e. The molecule has 0 saturated heterocycles. The van der Waals surface area contributed by atoms with Crippen LogP contribution in [0, 0.1) is 16.7 Å². The summed E-state index contributed by atoms with van der Waals surface area (Å²) in [6.45, 7) is 7.87. The fourth-order valence-electron chi connectivity index (χ4n) is 1.58. The summed E-state index contributed by atoms with van der Waals surface area (Å²) >= 11 is 3.40. The molecule has 0 bridgehead atoms. The molecule has 0 fully saturated rings. The number of carbonyl (C=O) groups excluding carboxylic acids is 1. The van der Waals surface area contributed by atoms with Crippen molar-refractivity contribution >= 4 is 21.8 Å². The molecule has 0 aromatic heterocycles. The van der Waals surface area contributed by atoms with Crippen molar-refractivity contribution in [3.8, 4) is 6.07 Å². The lowest BCUT2D eigenvalue weighted by Gasteiger charge is -2.27. The molecular formula is C15H19BrN2O. The summed E-state index contributed by atoms with van der Waals surface area (Å²) < 4.78 is 1.03. The summed E-state index contributed by atoms with van der Waals surface area (Å²) in [5.41, 5.74) is -0.0247. The number of rotatable bonds is 4. The number of hydrogen-bond acceptors (Lipinski definition) is 2. The minimum Gasteiger partial charge on any atom is -0.354 e. The van der Waals surface area contributed by atoms with Gasteiger partial charge in [0.05, 0.1) is 6.07 Å². The molecule has 1 N–H and O–H groups in total. The zero-order valence-electron chi connectivity index (χ0n) is 11.7. The fourth-order valence-corrected chi connectivity index (χ4v) is 1.84. The highest BCUT2D eigenvalue weighted by molar-refractivity contribution is 9.10. The van der Waals surface area contributed by atoms with E-state index in [4.69, 9.17) is 5.26 Å². The second-order valence-electron chi connectivity index (χ2n) is 5.81. The van der Waals surface area contributed by atoms with E-state index in [1.54, 1.807) is 13.8 Å². The van der Waals surface area contributed by atoms with Gasteiger partial charge in [-0.05, 0) is 31.5 Å². The Morgan fingerprint density at radius 1 is 1.26 bits per heavy atom. The number of amides is 1. The molecule has 1 amide bonds. The van der Waals surface area contributed by atoms with Gasteiger partial charge in [0.25, 0.3) is 0 Å². The molecule has 0 unspecified atom stereocenters. The van der Waals surface area contributed by atoms with Crippen LogP contribution in [0.2, 0.25) is 0 Å². The first-order valence-corrected chi connectivity index (χ1v) is 6.94. The zero-order chi connectivity index (χ0) is 14.7. The van der Waals surface area contributed by atoms with Gasteiger partial charge in [0, 0.05) is 16.4 Å². The van der Waals surface area contributed by atoms with Crippen LogP contribution in [0.15, 0.2) is 28.7 Å². The van der Waals surface area contributed by atoms with Crippen LogP contribution in [-0.2, 0) is 10.2 Å². The monoisotopic (exact) mass is 322 g/mol. The second kappa shape index (κ2) is 5.75. The van der Waals surface area contributed by atoms with E-state index < -0.39 is 5.41 Å². The van der Waals surface area contributed by atoms with E-state index >= 15 is 0 Å². The van der Waals surface area contributed by atoms with Gasteiger partial charge < -0.3 is 5.32 Å². The lowest BCUT2D eigenvalue weighted by atomic mass is 9.84. The molecule has 0 radical (unpaired) electrons. The Morgan fingerprint density at radius 2 is 1.79 bits per heavy atom. The molecule has 0 aliphatic rings. The van der Waals surface area contributed by atoms with Crippen LogP contribution in [0.4, 0.5) is 0 Å². The quantitative estimate of drug-likeness (QED) is 0.923. The molecule has 1 aromatic carbocycles. The highest BCUT2D eigenvalue weighted by Gasteiger charge is 2.29. The minimum atomic E-state index is -0.990. The van der Waals surface area contributed by atoms with E-state index in [2.05, 4.69) is 35.1 Å². The SMILES string of the molecule is CC(C)(C#N)C(=O)NCC(C)(C)c1ccc(Br)cc1. The molecule has 3 nitrogen and oxygen atoms in total. The topological polar surface area (TPSA) is 52.9 Å². The zero-order valence-corrected chi connectivity index (χ0v) is 13.3. The highest BCUT2D eigenvalue weighted by Crippen LogP contribution is 2.24. The number of nitriles is 1. The summed E-state index contributed by atoms with van der Waals surface area (Å²) in [6.07, 6.45) is 0. The Kier molecular flexibility index (Phi) is 4.75. The van der Waals surface area contributed by atoms with Gasteiger partial charge in [-0.25, -0.2) is 0 Å². The Hall–Kier alpha value is -1.34. The maximum Gasteiger partial charge on any atom is 0.239 e. The van der Waals surface area contributed by atoms with Gasteiger partial charge in [0.2, 0.25) is 5.91 Å². The van der Waals surface area contributed by atoms with Gasteiger partial charge in [0.15, 0.2) is 0 Å². The van der Waals surface area contributed by atoms with Crippen LogP contribution in [0.1, 0.15) is 33.3 Å². The molecule has 0 spiro atoms. The molecule has 19 heavy (non-hydrogen) atoms. The first-order valence-electron chi connectivity index (χ1n) is 6.15. The lowest BCUT2D eigenvalue weighted by Crippen LogP contribution is -2.42. The summed E-state index contributed by atoms with van der Waals surface area (Å²) in [7, 11) is 0. The van der Waals surface area contributed by atoms with Crippen molar-refractivity contribution in [1.29, 1.82) is 5.26 Å². The van der Waals surface area contributed by atoms with E-state index in [1.165, 1.54) is 0 Å². The van der Waals surface area contributed by atoms with Crippen molar-refractivity contribution in [3.05, 3.63) is 34.3 Å². The van der Waals surface area contributed by atoms with Crippen LogP contribution in [-0.4, -0.2) is 12.5 Å². The highest BCUT2D eigenvalue weighted by atomic mass is 79.9. The fraction of sp³-hybridized carbons (Fsp3) is 0.467. The van der Waals surface area contributed by atoms with Crippen LogP contribution in [0.3, 0.4) is 0 Å². The number of carbonyl (C=O) groups is 1. The molecule has 0 aliphatic carbocycles. The second-order valence-corrected chi connectivity index (χ2v) is 6.73. The van der Waals surface area contributed by atoms with E-state index in [-0.39, 0.29) is 11.3 Å². The summed E-state index contributed by atoms with van der Waals surface area (Å²) in [6, 6.07) is 10.0. The molecule has 0 aliphatic heterocycles. The summed E-state index contributed by atoms with van der Waals surface area (Å²) in [5, 5.41) is 11.8. The molecule has 102 valence electrons. The summed E-state index contributed by atoms with van der Waals surface area (Å²) in [5.74, 6) is -0.236. The molecule has 0 heterocycles. The molecule has 0 saturated carbocycles. The van der Waals surface area contributed by atoms with Crippen molar-refractivity contribution < 1.29 is 4.79 Å². The number of hydrogen-bond donors (Lipinski definition) is 1. The Labute approximate surface area is 123 Å². The van der Waals surface area contributed by atoms with Crippen molar-refractivity contribution in [2.24, 2.45) is 5.41 Å². The van der Waals surface area contributed by atoms with Crippen LogP contribution in [0.5, 0.6) is 0 Å². The normalized spacial score (nSPS) is 11.8. The Bertz CT molecular complexity index is 498. The van der Waals surface area contributed by atoms with E-state index in [0.717, 1.165) is 10.0 Å². The predicted octanol–water partition coefficient (Wildman–Crippen LogP) is 3.39. The van der Waals surface area contributed by atoms with Crippen molar-refractivity contribution in [1.82, 2.24) is 5.32 Å². The predicted molar refractivity (Wildman–Crippen MR) is 79.6 cm³/mol. The molecule has 0 atom stereocenters. The lowest BCUT2D eigenvalue weighted by molar-refractivity contribution is -0.127. The molecule has 4 heteroatoms. The van der Waals surface area contributed by atoms with Crippen LogP contribution >= 0.6 is 15.9 Å². The van der Waals surface area contributed by atoms with Crippen molar-refractivity contribution in [3.63, 3.8) is 0 Å². The van der Waals surface area contributed by atoms with E-state index in [0.29, 0.717) is 6.54 Å². The van der Waals surface area contributed by atoms with Crippen LogP contribution < -0.4 is 5.32 Å². The van der Waals surface area contributed by atoms with Crippen LogP contribution in [0.25, 0.3) is 0 Å². The number of halogens is 1. The standard InChI is InChI=1S/C15H19BrN2O/c1-14(2,9-17)13(19)18-10-15(3,4)11-5-7-12(16)8-6-11/h5-8H,10H2,1-4H3,(H,18,19). The Morgan fingerprint density at radius 3 is 2.26 bits per heavy atom. The first-order chi connectivity index (χ1) is 8.69. The first kappa shape index (κ1) is 15.7. The Balaban J connectivity index is 2.74. The third kappa shape index (κ3) is 4.07. The van der Waals surface area contributed by atoms with Gasteiger partial charge in [-0.15, -0.1) is 0 Å². The third-order valence-electron chi connectivity index (χ3n) is 3.16. The minimum absolute atomic E-state index is 0.179. The number of benzene rings is 1. The van der Waals surface area contributed by atoms with Crippen molar-refractivity contribution in [2.45, 2.75) is 33.1 Å². The van der Waals surface area contributed by atoms with Gasteiger partial charge >= 0.3 is 0 Å². The molecule has 1 rings (SSSR count). The van der Waals surface area contributed by atoms with Crippen molar-refractivity contribution in [2.75, 3.05) is 6.54 Å². The maximum atomic E-state index is 11.9. The molecule has 1 aromatic rings. The van der Waals surface area contributed by atoms with Gasteiger partial charge in [0.1, 0.15) is 5.41 Å². The number of nitrogens with one attached hydrogen (secondary N) is 1. The van der Waals surface area contributed by atoms with Gasteiger partial charge in [-0.2, -0.15) is 5.26 Å². The summed E-state index contributed by atoms with van der Waals surface area (Å²) in [4.78, 5) is 11.9. The van der Waals surface area contributed by atoms with Gasteiger partial charge in [-0.3, -0.25) is 4.79 Å².